The van der Waals surface area contributed by atoms with Crippen molar-refractivity contribution >= 4 is 38.3 Å². The molecule has 4 aromatic carbocycles. The second kappa shape index (κ2) is 9.01. The minimum atomic E-state index is -0.198. The molecule has 0 bridgehead atoms. The van der Waals surface area contributed by atoms with E-state index in [9.17, 15) is 4.79 Å². The average molecular weight is 462 g/mol. The van der Waals surface area contributed by atoms with E-state index in [4.69, 9.17) is 9.47 Å². The van der Waals surface area contributed by atoms with Crippen LogP contribution in [0.2, 0.25) is 0 Å². The smallest absolute Gasteiger partial charge is 0.255 e. The number of rotatable bonds is 6. The number of hydrogen-bond donors (Lipinski definition) is 1. The van der Waals surface area contributed by atoms with Gasteiger partial charge in [-0.25, -0.2) is 0 Å². The summed E-state index contributed by atoms with van der Waals surface area (Å²) in [6.07, 6.45) is 0. The number of hydrogen-bond acceptors (Lipinski definition) is 3. The van der Waals surface area contributed by atoms with Gasteiger partial charge in [0, 0.05) is 21.0 Å². The van der Waals surface area contributed by atoms with Crippen molar-refractivity contribution in [2.45, 2.75) is 6.61 Å². The van der Waals surface area contributed by atoms with Gasteiger partial charge < -0.3 is 14.8 Å². The van der Waals surface area contributed by atoms with Gasteiger partial charge in [0.25, 0.3) is 5.91 Å². The maximum absolute atomic E-state index is 12.8. The van der Waals surface area contributed by atoms with E-state index in [-0.39, 0.29) is 12.5 Å². The highest BCUT2D eigenvalue weighted by molar-refractivity contribution is 9.10. The highest BCUT2D eigenvalue weighted by Gasteiger charge is 2.13. The van der Waals surface area contributed by atoms with Crippen molar-refractivity contribution in [3.8, 4) is 11.5 Å². The summed E-state index contributed by atoms with van der Waals surface area (Å²) >= 11 is 3.45. The first-order valence-corrected chi connectivity index (χ1v) is 10.3. The normalized spacial score (nSPS) is 10.6. The molecule has 0 heterocycles. The summed E-state index contributed by atoms with van der Waals surface area (Å²) in [5.74, 6) is 1.27. The number of fused-ring (bicyclic) bond motifs is 1. The molecular weight excluding hydrogens is 442 g/mol. The van der Waals surface area contributed by atoms with E-state index < -0.39 is 0 Å². The minimum absolute atomic E-state index is 0.198. The van der Waals surface area contributed by atoms with Crippen LogP contribution in [-0.4, -0.2) is 13.0 Å². The van der Waals surface area contributed by atoms with Gasteiger partial charge in [-0.05, 0) is 57.7 Å². The molecule has 1 amide bonds. The number of ether oxygens (including phenoxy) is 2. The fraction of sp³-hybridized carbons (Fsp3) is 0.0800. The molecule has 0 aliphatic rings. The highest BCUT2D eigenvalue weighted by Crippen LogP contribution is 2.28. The van der Waals surface area contributed by atoms with Crippen LogP contribution in [0.4, 0.5) is 5.69 Å². The van der Waals surface area contributed by atoms with Gasteiger partial charge in [0.15, 0.2) is 0 Å². The van der Waals surface area contributed by atoms with Gasteiger partial charge in [-0.2, -0.15) is 0 Å². The lowest BCUT2D eigenvalue weighted by molar-refractivity contribution is 0.102. The van der Waals surface area contributed by atoms with Crippen molar-refractivity contribution in [3.05, 3.63) is 101 Å². The van der Waals surface area contributed by atoms with Crippen molar-refractivity contribution < 1.29 is 14.3 Å². The molecule has 1 N–H and O–H groups in total. The van der Waals surface area contributed by atoms with Crippen molar-refractivity contribution in [3.63, 3.8) is 0 Å². The molecule has 30 heavy (non-hydrogen) atoms. The first-order valence-electron chi connectivity index (χ1n) is 9.49. The van der Waals surface area contributed by atoms with E-state index in [1.807, 2.05) is 54.6 Å². The van der Waals surface area contributed by atoms with Gasteiger partial charge in [0.1, 0.15) is 18.1 Å². The number of methoxy groups -OCH3 is 1. The molecule has 0 aliphatic heterocycles. The van der Waals surface area contributed by atoms with Crippen LogP contribution in [0.5, 0.6) is 11.5 Å². The molecule has 0 radical (unpaired) electrons. The van der Waals surface area contributed by atoms with Crippen LogP contribution in [0.15, 0.2) is 89.4 Å². The molecule has 0 saturated carbocycles. The maximum atomic E-state index is 12.8. The number of carbonyl (C=O) groups is 1. The second-order valence-electron chi connectivity index (χ2n) is 6.73. The number of para-hydroxylation sites is 1. The Morgan fingerprint density at radius 1 is 0.900 bits per heavy atom. The van der Waals surface area contributed by atoms with E-state index >= 15 is 0 Å². The van der Waals surface area contributed by atoms with Gasteiger partial charge in [-0.1, -0.05) is 48.5 Å². The van der Waals surface area contributed by atoms with Gasteiger partial charge in [-0.3, -0.25) is 4.79 Å². The maximum Gasteiger partial charge on any atom is 0.255 e. The van der Waals surface area contributed by atoms with Gasteiger partial charge >= 0.3 is 0 Å². The van der Waals surface area contributed by atoms with Crippen molar-refractivity contribution in [1.82, 2.24) is 0 Å². The predicted molar refractivity (Wildman–Crippen MR) is 123 cm³/mol. The van der Waals surface area contributed by atoms with Crippen LogP contribution in [0.1, 0.15) is 15.9 Å². The number of amides is 1. The molecule has 4 aromatic rings. The SMILES string of the molecule is COc1ccc(C(=O)Nc2ccccc2Br)cc1COc1cccc2ccccc12. The Morgan fingerprint density at radius 2 is 1.67 bits per heavy atom. The largest absolute Gasteiger partial charge is 0.496 e. The molecular formula is C25H20BrNO3. The van der Waals surface area contributed by atoms with Gasteiger partial charge in [-0.15, -0.1) is 0 Å². The third kappa shape index (κ3) is 4.31. The predicted octanol–water partition coefficient (Wildman–Crippen LogP) is 6.44. The zero-order valence-electron chi connectivity index (χ0n) is 16.4. The van der Waals surface area contributed by atoms with Crippen molar-refractivity contribution in [1.29, 1.82) is 0 Å². The summed E-state index contributed by atoms with van der Waals surface area (Å²) in [5.41, 5.74) is 2.04. The van der Waals surface area contributed by atoms with Crippen molar-refractivity contribution in [2.24, 2.45) is 0 Å². The number of benzene rings is 4. The number of halogens is 1. The summed E-state index contributed by atoms with van der Waals surface area (Å²) in [6.45, 7) is 0.285. The van der Waals surface area contributed by atoms with Crippen LogP contribution >= 0.6 is 15.9 Å². The molecule has 0 saturated heterocycles. The summed E-state index contributed by atoms with van der Waals surface area (Å²) < 4.78 is 12.4. The zero-order chi connectivity index (χ0) is 20.9. The molecule has 0 fully saturated rings. The molecule has 0 aliphatic carbocycles. The monoisotopic (exact) mass is 461 g/mol. The molecule has 0 unspecified atom stereocenters. The molecule has 0 atom stereocenters. The molecule has 150 valence electrons. The van der Waals surface area contributed by atoms with Crippen LogP contribution in [0, 0.1) is 0 Å². The topological polar surface area (TPSA) is 47.6 Å². The molecule has 4 nitrogen and oxygen atoms in total. The number of carbonyl (C=O) groups excluding carboxylic acids is 1. The van der Waals surface area contributed by atoms with Crippen LogP contribution in [0.25, 0.3) is 10.8 Å². The third-order valence-corrected chi connectivity index (χ3v) is 5.49. The Bertz CT molecular complexity index is 1200. The quantitative estimate of drug-likeness (QED) is 0.359. The standard InChI is InChI=1S/C25H20BrNO3/c1-29-23-14-13-18(25(28)27-22-11-5-4-10-21(22)26)15-19(23)16-30-24-12-6-8-17-7-2-3-9-20(17)24/h2-15H,16H2,1H3,(H,27,28). The second-order valence-corrected chi connectivity index (χ2v) is 7.58. The van der Waals surface area contributed by atoms with Crippen molar-refractivity contribution in [2.75, 3.05) is 12.4 Å². The Morgan fingerprint density at radius 3 is 2.50 bits per heavy atom. The highest BCUT2D eigenvalue weighted by atomic mass is 79.9. The summed E-state index contributed by atoms with van der Waals surface area (Å²) in [6, 6.07) is 26.9. The Labute approximate surface area is 183 Å². The lowest BCUT2D eigenvalue weighted by atomic mass is 10.1. The first kappa shape index (κ1) is 20.0. The third-order valence-electron chi connectivity index (χ3n) is 4.80. The average Bonchev–Trinajstić information content (AvgIpc) is 2.79. The van der Waals surface area contributed by atoms with Crippen LogP contribution < -0.4 is 14.8 Å². The van der Waals surface area contributed by atoms with Crippen LogP contribution in [-0.2, 0) is 6.61 Å². The summed E-state index contributed by atoms with van der Waals surface area (Å²) in [5, 5.41) is 5.08. The first-order chi connectivity index (χ1) is 14.7. The number of nitrogens with one attached hydrogen (secondary N) is 1. The Kier molecular flexibility index (Phi) is 6.00. The fourth-order valence-corrected chi connectivity index (χ4v) is 3.65. The lowest BCUT2D eigenvalue weighted by Crippen LogP contribution is -2.13. The van der Waals surface area contributed by atoms with E-state index in [0.29, 0.717) is 17.0 Å². The van der Waals surface area contributed by atoms with Crippen LogP contribution in [0.3, 0.4) is 0 Å². The Balaban J connectivity index is 1.57. The minimum Gasteiger partial charge on any atom is -0.496 e. The molecule has 4 rings (SSSR count). The zero-order valence-corrected chi connectivity index (χ0v) is 18.0. The van der Waals surface area contributed by atoms with Gasteiger partial charge in [0.2, 0.25) is 0 Å². The Hall–Kier alpha value is -3.31. The molecule has 5 heteroatoms. The van der Waals surface area contributed by atoms with E-state index in [1.165, 1.54) is 0 Å². The van der Waals surface area contributed by atoms with E-state index in [1.54, 1.807) is 25.3 Å². The summed E-state index contributed by atoms with van der Waals surface area (Å²) in [4.78, 5) is 12.8. The number of anilines is 1. The molecule has 0 spiro atoms. The lowest BCUT2D eigenvalue weighted by Gasteiger charge is -2.14. The van der Waals surface area contributed by atoms with Gasteiger partial charge in [0.05, 0.1) is 12.8 Å². The molecule has 0 aromatic heterocycles. The van der Waals surface area contributed by atoms with E-state index in [0.717, 1.165) is 26.6 Å². The fourth-order valence-electron chi connectivity index (χ4n) is 3.27. The van der Waals surface area contributed by atoms with E-state index in [2.05, 4.69) is 33.4 Å². The summed E-state index contributed by atoms with van der Waals surface area (Å²) in [7, 11) is 1.61.